The van der Waals surface area contributed by atoms with Gasteiger partial charge >= 0.3 is 5.97 Å². The fourth-order valence-electron chi connectivity index (χ4n) is 2.27. The lowest BCUT2D eigenvalue weighted by atomic mass is 10.1. The zero-order valence-electron chi connectivity index (χ0n) is 13.4. The molecule has 2 aromatic carbocycles. The Labute approximate surface area is 150 Å². The number of aryl methyl sites for hydroxylation is 1. The van der Waals surface area contributed by atoms with Crippen molar-refractivity contribution in [2.75, 3.05) is 12.4 Å². The van der Waals surface area contributed by atoms with Crippen LogP contribution in [0.5, 0.6) is 0 Å². The summed E-state index contributed by atoms with van der Waals surface area (Å²) >= 11 is 11.8. The monoisotopic (exact) mass is 365 g/mol. The molecule has 1 amide bonds. The lowest BCUT2D eigenvalue weighted by molar-refractivity contribution is -0.116. The molecular weight excluding hydrogens is 349 g/mol. The number of carbonyl (C=O) groups is 2. The first-order chi connectivity index (χ1) is 11.4. The summed E-state index contributed by atoms with van der Waals surface area (Å²) in [5.41, 5.74) is 2.63. The van der Waals surface area contributed by atoms with Crippen LogP contribution < -0.4 is 5.32 Å². The first-order valence-electron chi connectivity index (χ1n) is 7.34. The Morgan fingerprint density at radius 3 is 2.54 bits per heavy atom. The number of hydrogen-bond donors (Lipinski definition) is 1. The van der Waals surface area contributed by atoms with Gasteiger partial charge in [-0.15, -0.1) is 0 Å². The van der Waals surface area contributed by atoms with Crippen molar-refractivity contribution < 1.29 is 14.3 Å². The normalized spacial score (nSPS) is 10.3. The Morgan fingerprint density at radius 2 is 1.88 bits per heavy atom. The SMILES string of the molecule is COC(=O)c1cccc(NC(=O)CCc2ccc(Cl)c(Cl)c2)c1C. The maximum Gasteiger partial charge on any atom is 0.338 e. The highest BCUT2D eigenvalue weighted by molar-refractivity contribution is 6.42. The number of anilines is 1. The Bertz CT molecular complexity index is 775. The molecule has 0 heterocycles. The number of carbonyl (C=O) groups excluding carboxylic acids is 2. The summed E-state index contributed by atoms with van der Waals surface area (Å²) in [7, 11) is 1.32. The van der Waals surface area contributed by atoms with Gasteiger partial charge in [-0.2, -0.15) is 0 Å². The molecule has 0 aliphatic carbocycles. The molecule has 0 radical (unpaired) electrons. The van der Waals surface area contributed by atoms with Crippen LogP contribution in [0, 0.1) is 6.92 Å². The van der Waals surface area contributed by atoms with E-state index in [0.29, 0.717) is 39.7 Å². The van der Waals surface area contributed by atoms with E-state index in [9.17, 15) is 9.59 Å². The molecule has 0 bridgehead atoms. The van der Waals surface area contributed by atoms with Gasteiger partial charge in [0.1, 0.15) is 0 Å². The van der Waals surface area contributed by atoms with E-state index < -0.39 is 5.97 Å². The molecule has 6 heteroatoms. The van der Waals surface area contributed by atoms with Gasteiger partial charge in [0.25, 0.3) is 0 Å². The Balaban J connectivity index is 2.02. The Hall–Kier alpha value is -2.04. The fraction of sp³-hybridized carbons (Fsp3) is 0.222. The predicted molar refractivity (Wildman–Crippen MR) is 95.9 cm³/mol. The largest absolute Gasteiger partial charge is 0.465 e. The molecule has 0 unspecified atom stereocenters. The van der Waals surface area contributed by atoms with Crippen LogP contribution in [0.15, 0.2) is 36.4 Å². The second kappa shape index (κ2) is 8.18. The van der Waals surface area contributed by atoms with Gasteiger partial charge in [-0.3, -0.25) is 4.79 Å². The van der Waals surface area contributed by atoms with Crippen LogP contribution in [-0.2, 0) is 16.0 Å². The van der Waals surface area contributed by atoms with Crippen molar-refractivity contribution in [2.45, 2.75) is 19.8 Å². The summed E-state index contributed by atoms with van der Waals surface area (Å²) in [6.45, 7) is 1.76. The third-order valence-corrected chi connectivity index (χ3v) is 4.38. The molecule has 2 rings (SSSR count). The van der Waals surface area contributed by atoms with Crippen LogP contribution in [0.25, 0.3) is 0 Å². The minimum absolute atomic E-state index is 0.147. The molecule has 24 heavy (non-hydrogen) atoms. The number of methoxy groups -OCH3 is 1. The van der Waals surface area contributed by atoms with Gasteiger partial charge < -0.3 is 10.1 Å². The van der Waals surface area contributed by atoms with Crippen molar-refractivity contribution in [1.82, 2.24) is 0 Å². The third kappa shape index (κ3) is 4.49. The maximum absolute atomic E-state index is 12.2. The van der Waals surface area contributed by atoms with Crippen molar-refractivity contribution in [1.29, 1.82) is 0 Å². The van der Waals surface area contributed by atoms with Crippen molar-refractivity contribution in [3.05, 3.63) is 63.1 Å². The zero-order valence-corrected chi connectivity index (χ0v) is 14.9. The quantitative estimate of drug-likeness (QED) is 0.783. The van der Waals surface area contributed by atoms with Crippen molar-refractivity contribution in [3.63, 3.8) is 0 Å². The highest BCUT2D eigenvalue weighted by atomic mass is 35.5. The number of esters is 1. The molecule has 0 aliphatic rings. The molecule has 1 N–H and O–H groups in total. The van der Waals surface area contributed by atoms with E-state index in [4.69, 9.17) is 27.9 Å². The first-order valence-corrected chi connectivity index (χ1v) is 8.09. The van der Waals surface area contributed by atoms with Crippen molar-refractivity contribution >= 4 is 40.8 Å². The van der Waals surface area contributed by atoms with Gasteiger partial charge in [-0.25, -0.2) is 4.79 Å². The minimum Gasteiger partial charge on any atom is -0.465 e. The number of hydrogen-bond acceptors (Lipinski definition) is 3. The number of ether oxygens (including phenoxy) is 1. The topological polar surface area (TPSA) is 55.4 Å². The number of benzene rings is 2. The summed E-state index contributed by atoms with van der Waals surface area (Å²) in [4.78, 5) is 23.8. The lowest BCUT2D eigenvalue weighted by Crippen LogP contribution is -2.14. The molecule has 0 saturated carbocycles. The fourth-order valence-corrected chi connectivity index (χ4v) is 2.59. The van der Waals surface area contributed by atoms with Crippen LogP contribution in [0.3, 0.4) is 0 Å². The molecular formula is C18H17Cl2NO3. The minimum atomic E-state index is -0.431. The average molecular weight is 366 g/mol. The van der Waals surface area contributed by atoms with Crippen LogP contribution >= 0.6 is 23.2 Å². The second-order valence-electron chi connectivity index (χ2n) is 5.27. The standard InChI is InChI=1S/C18H17Cl2NO3/c1-11-13(18(23)24-2)4-3-5-16(11)21-17(22)9-7-12-6-8-14(19)15(20)10-12/h3-6,8,10H,7,9H2,1-2H3,(H,21,22). The smallest absolute Gasteiger partial charge is 0.338 e. The maximum atomic E-state index is 12.2. The van der Waals surface area contributed by atoms with Gasteiger partial charge in [-0.1, -0.05) is 35.3 Å². The number of rotatable bonds is 5. The molecule has 4 nitrogen and oxygen atoms in total. The van der Waals surface area contributed by atoms with Crippen molar-refractivity contribution in [3.8, 4) is 0 Å². The van der Waals surface area contributed by atoms with E-state index in [1.807, 2.05) is 6.07 Å². The lowest BCUT2D eigenvalue weighted by Gasteiger charge is -2.11. The Morgan fingerprint density at radius 1 is 1.12 bits per heavy atom. The molecule has 0 aromatic heterocycles. The van der Waals surface area contributed by atoms with Crippen LogP contribution in [0.4, 0.5) is 5.69 Å². The number of halogens is 2. The van der Waals surface area contributed by atoms with E-state index in [0.717, 1.165) is 5.56 Å². The summed E-state index contributed by atoms with van der Waals surface area (Å²) in [5.74, 6) is -0.578. The summed E-state index contributed by atoms with van der Waals surface area (Å²) in [5, 5.41) is 3.77. The first kappa shape index (κ1) is 18.3. The molecule has 0 fully saturated rings. The van der Waals surface area contributed by atoms with Gasteiger partial charge in [0.05, 0.1) is 22.7 Å². The van der Waals surface area contributed by atoms with Gasteiger partial charge in [0, 0.05) is 12.1 Å². The van der Waals surface area contributed by atoms with Crippen molar-refractivity contribution in [2.24, 2.45) is 0 Å². The van der Waals surface area contributed by atoms with E-state index in [-0.39, 0.29) is 5.91 Å². The number of nitrogens with one attached hydrogen (secondary N) is 1. The van der Waals surface area contributed by atoms with Crippen LogP contribution in [0.1, 0.15) is 27.9 Å². The summed E-state index contributed by atoms with van der Waals surface area (Å²) in [6, 6.07) is 10.4. The molecule has 2 aromatic rings. The summed E-state index contributed by atoms with van der Waals surface area (Å²) in [6.07, 6.45) is 0.832. The van der Waals surface area contributed by atoms with Gasteiger partial charge in [0.2, 0.25) is 5.91 Å². The third-order valence-electron chi connectivity index (χ3n) is 3.64. The highest BCUT2D eigenvalue weighted by Gasteiger charge is 2.13. The predicted octanol–water partition coefficient (Wildman–Crippen LogP) is 4.66. The van der Waals surface area contributed by atoms with E-state index in [1.54, 1.807) is 37.3 Å². The van der Waals surface area contributed by atoms with Crippen LogP contribution in [-0.4, -0.2) is 19.0 Å². The van der Waals surface area contributed by atoms with Crippen LogP contribution in [0.2, 0.25) is 10.0 Å². The van der Waals surface area contributed by atoms with E-state index >= 15 is 0 Å². The molecule has 0 aliphatic heterocycles. The highest BCUT2D eigenvalue weighted by Crippen LogP contribution is 2.23. The Kier molecular flexibility index (Phi) is 6.23. The molecule has 0 saturated heterocycles. The molecule has 0 spiro atoms. The second-order valence-corrected chi connectivity index (χ2v) is 6.08. The molecule has 0 atom stereocenters. The average Bonchev–Trinajstić information content (AvgIpc) is 2.57. The number of amides is 1. The van der Waals surface area contributed by atoms with Gasteiger partial charge in [-0.05, 0) is 48.7 Å². The molecule has 126 valence electrons. The van der Waals surface area contributed by atoms with Gasteiger partial charge in [0.15, 0.2) is 0 Å². The summed E-state index contributed by atoms with van der Waals surface area (Å²) < 4.78 is 4.73. The zero-order chi connectivity index (χ0) is 17.7. The van der Waals surface area contributed by atoms with E-state index in [2.05, 4.69) is 5.32 Å². The van der Waals surface area contributed by atoms with E-state index in [1.165, 1.54) is 7.11 Å².